The molecule has 0 saturated carbocycles. The van der Waals surface area contributed by atoms with E-state index in [9.17, 15) is 14.4 Å². The third-order valence-corrected chi connectivity index (χ3v) is 5.70. The highest BCUT2D eigenvalue weighted by molar-refractivity contribution is 5.94. The van der Waals surface area contributed by atoms with Crippen LogP contribution in [0, 0.1) is 6.92 Å². The average molecular weight is 380 g/mol. The number of nitrogens with one attached hydrogen (secondary N) is 1. The van der Waals surface area contributed by atoms with Gasteiger partial charge in [0.1, 0.15) is 5.82 Å². The summed E-state index contributed by atoms with van der Waals surface area (Å²) < 4.78 is 0. The standard InChI is InChI=1S/C21H24N4O3/c1-13-3-5-15(6-4-13)21(28)25-9-7-16(11-25)19-22-18-12-24(14(2)26)10-8-17(18)20(27)23-19/h3-6,16H,7-12H2,1-2H3,(H,22,23,27)/t16-/m1/s1. The molecule has 0 spiro atoms. The van der Waals surface area contributed by atoms with E-state index >= 15 is 0 Å². The summed E-state index contributed by atoms with van der Waals surface area (Å²) in [4.78, 5) is 48.1. The first-order valence-electron chi connectivity index (χ1n) is 9.66. The molecule has 2 aromatic rings. The van der Waals surface area contributed by atoms with Crippen molar-refractivity contribution in [3.8, 4) is 0 Å². The van der Waals surface area contributed by atoms with Gasteiger partial charge in [-0.15, -0.1) is 0 Å². The van der Waals surface area contributed by atoms with E-state index in [1.165, 1.54) is 6.92 Å². The summed E-state index contributed by atoms with van der Waals surface area (Å²) in [6, 6.07) is 7.56. The zero-order chi connectivity index (χ0) is 19.8. The van der Waals surface area contributed by atoms with Gasteiger partial charge in [0.25, 0.3) is 11.5 Å². The molecule has 1 fully saturated rings. The third kappa shape index (κ3) is 3.44. The summed E-state index contributed by atoms with van der Waals surface area (Å²) >= 11 is 0. The van der Waals surface area contributed by atoms with E-state index in [2.05, 4.69) is 9.97 Å². The molecule has 1 N–H and O–H groups in total. The van der Waals surface area contributed by atoms with E-state index in [0.717, 1.165) is 12.0 Å². The zero-order valence-corrected chi connectivity index (χ0v) is 16.2. The SMILES string of the molecule is CC(=O)N1CCc2c(nc([C@@H]3CCN(C(=O)c4ccc(C)cc4)C3)[nH]c2=O)C1. The first-order chi connectivity index (χ1) is 13.4. The molecule has 2 aliphatic heterocycles. The Kier molecular flexibility index (Phi) is 4.75. The van der Waals surface area contributed by atoms with E-state index in [1.807, 2.05) is 36.1 Å². The number of hydrogen-bond donors (Lipinski definition) is 1. The second-order valence-corrected chi connectivity index (χ2v) is 7.67. The number of carbonyl (C=O) groups excluding carboxylic acids is 2. The van der Waals surface area contributed by atoms with Gasteiger partial charge in [-0.05, 0) is 31.9 Å². The van der Waals surface area contributed by atoms with Crippen LogP contribution in [0.1, 0.15) is 52.3 Å². The van der Waals surface area contributed by atoms with Crippen molar-refractivity contribution in [2.24, 2.45) is 0 Å². The minimum atomic E-state index is -0.119. The van der Waals surface area contributed by atoms with Crippen molar-refractivity contribution in [1.29, 1.82) is 0 Å². The predicted molar refractivity (Wildman–Crippen MR) is 104 cm³/mol. The molecule has 0 bridgehead atoms. The molecule has 2 aliphatic rings. The lowest BCUT2D eigenvalue weighted by molar-refractivity contribution is -0.129. The smallest absolute Gasteiger partial charge is 0.254 e. The predicted octanol–water partition coefficient (Wildman–Crippen LogP) is 1.61. The van der Waals surface area contributed by atoms with Crippen LogP contribution in [0.15, 0.2) is 29.1 Å². The molecule has 1 saturated heterocycles. The van der Waals surface area contributed by atoms with E-state index < -0.39 is 0 Å². The number of H-pyrrole nitrogens is 1. The lowest BCUT2D eigenvalue weighted by atomic mass is 10.0. The van der Waals surface area contributed by atoms with Crippen molar-refractivity contribution in [3.63, 3.8) is 0 Å². The van der Waals surface area contributed by atoms with Crippen LogP contribution in [0.2, 0.25) is 0 Å². The number of aromatic amines is 1. The van der Waals surface area contributed by atoms with Gasteiger partial charge in [0, 0.05) is 43.6 Å². The molecule has 28 heavy (non-hydrogen) atoms. The van der Waals surface area contributed by atoms with Crippen molar-refractivity contribution >= 4 is 11.8 Å². The largest absolute Gasteiger partial charge is 0.338 e. The number of benzene rings is 1. The van der Waals surface area contributed by atoms with Crippen molar-refractivity contribution in [3.05, 3.63) is 62.8 Å². The molecule has 0 unspecified atom stereocenters. The molecule has 7 nitrogen and oxygen atoms in total. The van der Waals surface area contributed by atoms with Gasteiger partial charge in [-0.2, -0.15) is 0 Å². The topological polar surface area (TPSA) is 86.4 Å². The van der Waals surface area contributed by atoms with Crippen LogP contribution in [0.25, 0.3) is 0 Å². The van der Waals surface area contributed by atoms with Crippen LogP contribution in [0.5, 0.6) is 0 Å². The number of rotatable bonds is 2. The Morgan fingerprint density at radius 3 is 2.61 bits per heavy atom. The van der Waals surface area contributed by atoms with Gasteiger partial charge in [-0.25, -0.2) is 4.98 Å². The van der Waals surface area contributed by atoms with Gasteiger partial charge >= 0.3 is 0 Å². The normalized spacial score (nSPS) is 18.9. The van der Waals surface area contributed by atoms with Crippen LogP contribution in [-0.4, -0.2) is 51.2 Å². The zero-order valence-electron chi connectivity index (χ0n) is 16.2. The molecule has 1 aromatic carbocycles. The summed E-state index contributed by atoms with van der Waals surface area (Å²) in [5.74, 6) is 0.615. The van der Waals surface area contributed by atoms with Crippen LogP contribution < -0.4 is 5.56 Å². The molecule has 4 rings (SSSR count). The van der Waals surface area contributed by atoms with E-state index in [4.69, 9.17) is 0 Å². The summed E-state index contributed by atoms with van der Waals surface area (Å²) in [6.07, 6.45) is 1.29. The van der Waals surface area contributed by atoms with E-state index in [-0.39, 0.29) is 23.3 Å². The number of amides is 2. The van der Waals surface area contributed by atoms with Crippen LogP contribution in [-0.2, 0) is 17.8 Å². The second kappa shape index (κ2) is 7.22. The fraction of sp³-hybridized carbons (Fsp3) is 0.429. The molecule has 146 valence electrons. The Morgan fingerprint density at radius 2 is 1.89 bits per heavy atom. The lowest BCUT2D eigenvalue weighted by Crippen LogP contribution is -2.38. The number of fused-ring (bicyclic) bond motifs is 1. The summed E-state index contributed by atoms with van der Waals surface area (Å²) in [7, 11) is 0. The van der Waals surface area contributed by atoms with Crippen LogP contribution in [0.4, 0.5) is 0 Å². The molecular formula is C21H24N4O3. The summed E-state index contributed by atoms with van der Waals surface area (Å²) in [6.45, 7) is 5.62. The Hall–Kier alpha value is -2.96. The molecule has 0 radical (unpaired) electrons. The maximum Gasteiger partial charge on any atom is 0.254 e. The number of aromatic nitrogens is 2. The Balaban J connectivity index is 1.53. The first kappa shape index (κ1) is 18.4. The lowest BCUT2D eigenvalue weighted by Gasteiger charge is -2.27. The molecule has 1 aromatic heterocycles. The van der Waals surface area contributed by atoms with Gasteiger partial charge in [0.2, 0.25) is 5.91 Å². The fourth-order valence-corrected chi connectivity index (χ4v) is 3.97. The highest BCUT2D eigenvalue weighted by Crippen LogP contribution is 2.26. The van der Waals surface area contributed by atoms with Crippen molar-refractivity contribution in [1.82, 2.24) is 19.8 Å². The van der Waals surface area contributed by atoms with Gasteiger partial charge in [-0.3, -0.25) is 14.4 Å². The molecule has 1 atom stereocenters. The molecule has 7 heteroatoms. The van der Waals surface area contributed by atoms with Crippen LogP contribution in [0.3, 0.4) is 0 Å². The monoisotopic (exact) mass is 380 g/mol. The average Bonchev–Trinajstić information content (AvgIpc) is 3.17. The quantitative estimate of drug-likeness (QED) is 0.858. The van der Waals surface area contributed by atoms with Crippen molar-refractivity contribution in [2.45, 2.75) is 39.2 Å². The van der Waals surface area contributed by atoms with Gasteiger partial charge < -0.3 is 14.8 Å². The highest BCUT2D eigenvalue weighted by Gasteiger charge is 2.31. The molecular weight excluding hydrogens is 356 g/mol. The molecule has 0 aliphatic carbocycles. The Bertz CT molecular complexity index is 980. The summed E-state index contributed by atoms with van der Waals surface area (Å²) in [5.41, 5.74) is 3.03. The maximum absolute atomic E-state index is 12.7. The molecule has 2 amide bonds. The second-order valence-electron chi connectivity index (χ2n) is 7.67. The van der Waals surface area contributed by atoms with E-state index in [0.29, 0.717) is 55.2 Å². The highest BCUT2D eigenvalue weighted by atomic mass is 16.2. The minimum Gasteiger partial charge on any atom is -0.338 e. The minimum absolute atomic E-state index is 0.0000953. The number of carbonyl (C=O) groups is 2. The number of hydrogen-bond acceptors (Lipinski definition) is 4. The Morgan fingerprint density at radius 1 is 1.14 bits per heavy atom. The van der Waals surface area contributed by atoms with Gasteiger partial charge in [-0.1, -0.05) is 17.7 Å². The number of likely N-dealkylation sites (tertiary alicyclic amines) is 1. The van der Waals surface area contributed by atoms with Crippen molar-refractivity contribution in [2.75, 3.05) is 19.6 Å². The first-order valence-corrected chi connectivity index (χ1v) is 9.66. The van der Waals surface area contributed by atoms with Crippen molar-refractivity contribution < 1.29 is 9.59 Å². The maximum atomic E-state index is 12.7. The van der Waals surface area contributed by atoms with Gasteiger partial charge in [0.05, 0.1) is 12.2 Å². The number of nitrogens with zero attached hydrogens (tertiary/aromatic N) is 3. The molecule has 3 heterocycles. The third-order valence-electron chi connectivity index (χ3n) is 5.70. The van der Waals surface area contributed by atoms with Crippen LogP contribution >= 0.6 is 0 Å². The fourth-order valence-electron chi connectivity index (χ4n) is 3.97. The number of aryl methyl sites for hydroxylation is 1. The van der Waals surface area contributed by atoms with E-state index in [1.54, 1.807) is 4.90 Å². The Labute approximate surface area is 163 Å². The van der Waals surface area contributed by atoms with Gasteiger partial charge in [0.15, 0.2) is 0 Å². The summed E-state index contributed by atoms with van der Waals surface area (Å²) in [5, 5.41) is 0.